The first-order valence-electron chi connectivity index (χ1n) is 7.93. The molecule has 0 fully saturated rings. The maximum Gasteiger partial charge on any atom is 0.321 e. The molecule has 0 spiro atoms. The first-order chi connectivity index (χ1) is 12.9. The third-order valence-electron chi connectivity index (χ3n) is 3.91. The lowest BCUT2D eigenvalue weighted by molar-refractivity contribution is 0.249. The van der Waals surface area contributed by atoms with Gasteiger partial charge in [-0.3, -0.25) is 5.32 Å². The zero-order chi connectivity index (χ0) is 19.6. The molecule has 1 unspecified atom stereocenters. The summed E-state index contributed by atoms with van der Waals surface area (Å²) in [5, 5.41) is 5.72. The van der Waals surface area contributed by atoms with Gasteiger partial charge in [-0.1, -0.05) is 23.5 Å². The van der Waals surface area contributed by atoms with Gasteiger partial charge in [0.2, 0.25) is 0 Å². The first-order valence-corrected chi connectivity index (χ1v) is 9.62. The number of nitrogens with zero attached hydrogens (tertiary/aromatic N) is 1. The van der Waals surface area contributed by atoms with Crippen LogP contribution in [-0.2, 0) is 0 Å². The fraction of sp³-hybridized carbons (Fsp3) is 0.222. The third kappa shape index (κ3) is 4.61. The highest BCUT2D eigenvalue weighted by molar-refractivity contribution is 7.22. The molecule has 0 radical (unpaired) electrons. The number of fused-ring (bicyclic) bond motifs is 1. The number of thiazole rings is 1. The molecule has 142 valence electrons. The van der Waals surface area contributed by atoms with E-state index in [9.17, 15) is 9.18 Å². The van der Waals surface area contributed by atoms with Gasteiger partial charge in [-0.2, -0.15) is 0 Å². The van der Waals surface area contributed by atoms with E-state index < -0.39 is 22.7 Å². The summed E-state index contributed by atoms with van der Waals surface area (Å²) in [4.78, 5) is 15.7. The number of rotatable bonds is 5. The summed E-state index contributed by atoms with van der Waals surface area (Å²) >= 11 is 13.3. The minimum atomic E-state index is -0.961. The Balaban J connectivity index is 1.75. The number of methoxy groups -OCH3 is 1. The molecule has 2 amide bonds. The number of urea groups is 1. The number of ether oxygens (including phenoxy) is 1. The van der Waals surface area contributed by atoms with Gasteiger partial charge in [0.15, 0.2) is 5.13 Å². The summed E-state index contributed by atoms with van der Waals surface area (Å²) in [6.45, 7) is 1.65. The van der Waals surface area contributed by atoms with Crippen molar-refractivity contribution in [1.29, 1.82) is 0 Å². The van der Waals surface area contributed by atoms with Crippen molar-refractivity contribution in [1.82, 2.24) is 10.3 Å². The number of hydrogen-bond acceptors (Lipinski definition) is 4. The summed E-state index contributed by atoms with van der Waals surface area (Å²) in [6, 6.07) is 8.69. The lowest BCUT2D eigenvalue weighted by Gasteiger charge is -2.20. The van der Waals surface area contributed by atoms with Gasteiger partial charge in [0.05, 0.1) is 23.4 Å². The normalized spacial score (nSPS) is 12.2. The van der Waals surface area contributed by atoms with Crippen molar-refractivity contribution < 1.29 is 13.9 Å². The minimum absolute atomic E-state index is 0.395. The van der Waals surface area contributed by atoms with Gasteiger partial charge in [0.1, 0.15) is 16.4 Å². The summed E-state index contributed by atoms with van der Waals surface area (Å²) in [5.74, 6) is 0.310. The molecule has 0 saturated heterocycles. The highest BCUT2D eigenvalue weighted by atomic mass is 35.5. The van der Waals surface area contributed by atoms with Crippen LogP contribution in [0.1, 0.15) is 17.2 Å². The molecule has 5 nitrogen and oxygen atoms in total. The molecule has 0 aliphatic heterocycles. The van der Waals surface area contributed by atoms with E-state index >= 15 is 0 Å². The average molecular weight is 428 g/mol. The van der Waals surface area contributed by atoms with E-state index in [4.69, 9.17) is 27.9 Å². The Labute approximate surface area is 169 Å². The quantitative estimate of drug-likeness (QED) is 0.534. The Bertz CT molecular complexity index is 980. The van der Waals surface area contributed by atoms with Crippen molar-refractivity contribution in [2.45, 2.75) is 17.8 Å². The van der Waals surface area contributed by atoms with Crippen LogP contribution >= 0.6 is 34.5 Å². The summed E-state index contributed by atoms with van der Waals surface area (Å²) in [6.07, 6.45) is 0. The number of hydrogen-bond donors (Lipinski definition) is 2. The van der Waals surface area contributed by atoms with Crippen molar-refractivity contribution in [2.75, 3.05) is 12.4 Å². The Kier molecular flexibility index (Phi) is 6.04. The van der Waals surface area contributed by atoms with Crippen LogP contribution in [0.4, 0.5) is 14.3 Å². The van der Waals surface area contributed by atoms with Gasteiger partial charge >= 0.3 is 6.03 Å². The number of anilines is 1. The predicted molar refractivity (Wildman–Crippen MR) is 108 cm³/mol. The second kappa shape index (κ2) is 8.29. The molecule has 3 rings (SSSR count). The molecule has 1 atom stereocenters. The molecule has 3 aromatic rings. The van der Waals surface area contributed by atoms with E-state index in [2.05, 4.69) is 15.6 Å². The van der Waals surface area contributed by atoms with Crippen LogP contribution in [0, 0.1) is 12.7 Å². The van der Waals surface area contributed by atoms with E-state index in [1.807, 2.05) is 6.07 Å². The summed E-state index contributed by atoms with van der Waals surface area (Å²) < 4.78 is 19.9. The predicted octanol–water partition coefficient (Wildman–Crippen LogP) is 5.42. The van der Waals surface area contributed by atoms with Crippen LogP contribution in [0.5, 0.6) is 5.75 Å². The Hall–Kier alpha value is -2.09. The number of carbonyl (C=O) groups excluding carboxylic acids is 1. The molecule has 1 heterocycles. The third-order valence-corrected chi connectivity index (χ3v) is 5.35. The van der Waals surface area contributed by atoms with Crippen LogP contribution in [0.3, 0.4) is 0 Å². The van der Waals surface area contributed by atoms with Crippen molar-refractivity contribution in [3.63, 3.8) is 0 Å². The molecule has 0 aliphatic carbocycles. The summed E-state index contributed by atoms with van der Waals surface area (Å²) in [7, 11) is 1.58. The van der Waals surface area contributed by atoms with E-state index in [0.717, 1.165) is 10.2 Å². The topological polar surface area (TPSA) is 63.2 Å². The van der Waals surface area contributed by atoms with Gasteiger partial charge in [-0.25, -0.2) is 14.2 Å². The van der Waals surface area contributed by atoms with E-state index in [1.165, 1.54) is 17.4 Å². The molecule has 0 bridgehead atoms. The fourth-order valence-corrected chi connectivity index (χ4v) is 3.76. The summed E-state index contributed by atoms with van der Waals surface area (Å²) in [5.41, 5.74) is 1.70. The van der Waals surface area contributed by atoms with Gasteiger partial charge in [0, 0.05) is 0 Å². The molecule has 2 aromatic carbocycles. The molecule has 2 N–H and O–H groups in total. The maximum absolute atomic E-state index is 13.8. The Morgan fingerprint density at radius 2 is 2.04 bits per heavy atom. The minimum Gasteiger partial charge on any atom is -0.497 e. The molecule has 9 heteroatoms. The van der Waals surface area contributed by atoms with Crippen LogP contribution in [-0.4, -0.2) is 23.0 Å². The number of amides is 2. The fourth-order valence-electron chi connectivity index (χ4n) is 2.45. The van der Waals surface area contributed by atoms with E-state index in [1.54, 1.807) is 38.3 Å². The number of benzene rings is 2. The number of carbonyl (C=O) groups is 1. The smallest absolute Gasteiger partial charge is 0.321 e. The van der Waals surface area contributed by atoms with Crippen molar-refractivity contribution >= 4 is 55.9 Å². The zero-order valence-electron chi connectivity index (χ0n) is 14.4. The average Bonchev–Trinajstić information content (AvgIpc) is 3.02. The van der Waals surface area contributed by atoms with Gasteiger partial charge in [-0.15, -0.1) is 23.2 Å². The first kappa shape index (κ1) is 19.7. The maximum atomic E-state index is 13.8. The number of alkyl halides is 2. The molecule has 0 aliphatic rings. The molecular weight excluding hydrogens is 412 g/mol. The van der Waals surface area contributed by atoms with Crippen LogP contribution in [0.15, 0.2) is 36.4 Å². The second-order valence-electron chi connectivity index (χ2n) is 5.77. The number of halogens is 3. The molecule has 27 heavy (non-hydrogen) atoms. The van der Waals surface area contributed by atoms with Gasteiger partial charge in [0.25, 0.3) is 0 Å². The zero-order valence-corrected chi connectivity index (χ0v) is 16.8. The SMILES string of the molecule is COc1ccc2nc(NC(=O)NC(c3ccc(C)c(F)c3)C(Cl)Cl)sc2c1. The van der Waals surface area contributed by atoms with Crippen molar-refractivity contribution in [2.24, 2.45) is 0 Å². The largest absolute Gasteiger partial charge is 0.497 e. The second-order valence-corrected chi connectivity index (χ2v) is 7.97. The van der Waals surface area contributed by atoms with Gasteiger partial charge < -0.3 is 10.1 Å². The van der Waals surface area contributed by atoms with Crippen LogP contribution in [0.25, 0.3) is 10.2 Å². The van der Waals surface area contributed by atoms with Gasteiger partial charge in [-0.05, 0) is 42.3 Å². The number of nitrogens with one attached hydrogen (secondary N) is 2. The Morgan fingerprint density at radius 1 is 1.26 bits per heavy atom. The standard InChI is InChI=1S/C18H16Cl2FN3O2S/c1-9-3-4-10(7-12(9)21)15(16(19)20)23-17(25)24-18-22-13-6-5-11(26-2)8-14(13)27-18/h3-8,15-16H,1-2H3,(H2,22,23,24,25). The molecular formula is C18H16Cl2FN3O2S. The molecule has 0 saturated carbocycles. The highest BCUT2D eigenvalue weighted by Gasteiger charge is 2.23. The van der Waals surface area contributed by atoms with E-state index in [0.29, 0.717) is 22.0 Å². The van der Waals surface area contributed by atoms with Crippen LogP contribution in [0.2, 0.25) is 0 Å². The lowest BCUT2D eigenvalue weighted by atomic mass is 10.1. The van der Waals surface area contributed by atoms with Crippen LogP contribution < -0.4 is 15.4 Å². The van der Waals surface area contributed by atoms with E-state index in [-0.39, 0.29) is 0 Å². The molecule has 1 aromatic heterocycles. The van der Waals surface area contributed by atoms with Crippen molar-refractivity contribution in [3.8, 4) is 5.75 Å². The number of aromatic nitrogens is 1. The lowest BCUT2D eigenvalue weighted by Crippen LogP contribution is -2.35. The van der Waals surface area contributed by atoms with Crippen molar-refractivity contribution in [3.05, 3.63) is 53.3 Å². The highest BCUT2D eigenvalue weighted by Crippen LogP contribution is 2.30. The number of aryl methyl sites for hydroxylation is 1. The monoisotopic (exact) mass is 427 g/mol. The Morgan fingerprint density at radius 3 is 2.70 bits per heavy atom.